The summed E-state index contributed by atoms with van der Waals surface area (Å²) in [6.45, 7) is 1.45. The molecule has 0 radical (unpaired) electrons. The van der Waals surface area contributed by atoms with Gasteiger partial charge in [0.25, 0.3) is 0 Å². The molecule has 1 rings (SSSR count). The maximum absolute atomic E-state index is 11.4. The first-order chi connectivity index (χ1) is 7.54. The second-order valence-corrected chi connectivity index (χ2v) is 4.21. The van der Waals surface area contributed by atoms with Crippen LogP contribution >= 0.6 is 0 Å². The van der Waals surface area contributed by atoms with Gasteiger partial charge < -0.3 is 20.8 Å². The Morgan fingerprint density at radius 3 is 2.56 bits per heavy atom. The molecule has 16 heavy (non-hydrogen) atoms. The quantitative estimate of drug-likeness (QED) is 0.543. The molecule has 1 saturated carbocycles. The van der Waals surface area contributed by atoms with Gasteiger partial charge in [-0.3, -0.25) is 0 Å². The first kappa shape index (κ1) is 12.8. The van der Waals surface area contributed by atoms with Gasteiger partial charge in [-0.25, -0.2) is 9.59 Å². The van der Waals surface area contributed by atoms with Crippen LogP contribution in [0.1, 0.15) is 26.2 Å². The predicted octanol–water partition coefficient (Wildman–Crippen LogP) is -0.0803. The van der Waals surface area contributed by atoms with Gasteiger partial charge in [0.2, 0.25) is 0 Å². The van der Waals surface area contributed by atoms with Crippen molar-refractivity contribution in [3.05, 3.63) is 0 Å². The highest BCUT2D eigenvalue weighted by Gasteiger charge is 2.26. The van der Waals surface area contributed by atoms with Crippen molar-refractivity contribution in [3.63, 3.8) is 0 Å². The summed E-state index contributed by atoms with van der Waals surface area (Å²) in [5.41, 5.74) is 0. The summed E-state index contributed by atoms with van der Waals surface area (Å²) in [7, 11) is 0. The minimum absolute atomic E-state index is 0.105. The third-order valence-electron chi connectivity index (χ3n) is 2.96. The van der Waals surface area contributed by atoms with Crippen molar-refractivity contribution in [2.75, 3.05) is 6.61 Å². The molecule has 0 aliphatic heterocycles. The van der Waals surface area contributed by atoms with Crippen molar-refractivity contribution < 1.29 is 19.8 Å². The van der Waals surface area contributed by atoms with Crippen LogP contribution in [-0.2, 0) is 4.79 Å². The fraction of sp³-hybridized carbons (Fsp3) is 0.800. The molecule has 2 amide bonds. The van der Waals surface area contributed by atoms with Crippen LogP contribution in [0.4, 0.5) is 4.79 Å². The molecule has 6 nitrogen and oxygen atoms in total. The van der Waals surface area contributed by atoms with Crippen molar-refractivity contribution >= 4 is 12.0 Å². The molecule has 92 valence electrons. The lowest BCUT2D eigenvalue weighted by atomic mass is 10.1. The summed E-state index contributed by atoms with van der Waals surface area (Å²) in [6, 6.07) is -1.66. The number of hydrogen-bond donors (Lipinski definition) is 4. The molecule has 0 bridgehead atoms. The number of carbonyl (C=O) groups excluding carboxylic acids is 1. The number of aliphatic hydroxyl groups excluding tert-OH is 1. The molecular formula is C10H18N2O4. The molecule has 4 N–H and O–H groups in total. The Morgan fingerprint density at radius 2 is 2.12 bits per heavy atom. The second-order valence-electron chi connectivity index (χ2n) is 4.21. The highest BCUT2D eigenvalue weighted by Crippen LogP contribution is 2.24. The Morgan fingerprint density at radius 1 is 1.44 bits per heavy atom. The van der Waals surface area contributed by atoms with Crippen LogP contribution in [0.2, 0.25) is 0 Å². The molecular weight excluding hydrogens is 212 g/mol. The second kappa shape index (κ2) is 5.69. The maximum Gasteiger partial charge on any atom is 0.328 e. The van der Waals surface area contributed by atoms with Crippen molar-refractivity contribution in [1.82, 2.24) is 10.6 Å². The van der Waals surface area contributed by atoms with Gasteiger partial charge in [0.1, 0.15) is 0 Å². The lowest BCUT2D eigenvalue weighted by Gasteiger charge is -2.19. The topological polar surface area (TPSA) is 98.7 Å². The van der Waals surface area contributed by atoms with Gasteiger partial charge >= 0.3 is 12.0 Å². The largest absolute Gasteiger partial charge is 0.480 e. The highest BCUT2D eigenvalue weighted by molar-refractivity contribution is 5.82. The van der Waals surface area contributed by atoms with Crippen LogP contribution in [0, 0.1) is 5.92 Å². The highest BCUT2D eigenvalue weighted by atomic mass is 16.4. The first-order valence-corrected chi connectivity index (χ1v) is 5.45. The normalized spacial score (nSPS) is 26.1. The summed E-state index contributed by atoms with van der Waals surface area (Å²) in [6.07, 6.45) is 3.08. The minimum atomic E-state index is -1.24. The molecule has 3 atom stereocenters. The van der Waals surface area contributed by atoms with Gasteiger partial charge in [-0.2, -0.15) is 0 Å². The fourth-order valence-corrected chi connectivity index (χ4v) is 1.91. The van der Waals surface area contributed by atoms with E-state index in [9.17, 15) is 9.59 Å². The molecule has 0 aromatic rings. The Bertz CT molecular complexity index is 270. The van der Waals surface area contributed by atoms with Crippen molar-refractivity contribution in [1.29, 1.82) is 0 Å². The molecule has 0 heterocycles. The average molecular weight is 230 g/mol. The van der Waals surface area contributed by atoms with E-state index < -0.39 is 24.6 Å². The van der Waals surface area contributed by atoms with E-state index in [1.807, 2.05) is 0 Å². The van der Waals surface area contributed by atoms with Gasteiger partial charge in [-0.05, 0) is 18.8 Å². The number of carbonyl (C=O) groups is 2. The van der Waals surface area contributed by atoms with Crippen LogP contribution in [0.3, 0.4) is 0 Å². The Balaban J connectivity index is 2.37. The number of carboxylic acids is 1. The van der Waals surface area contributed by atoms with E-state index >= 15 is 0 Å². The summed E-state index contributed by atoms with van der Waals surface area (Å²) in [5, 5.41) is 22.3. The Kier molecular flexibility index (Phi) is 4.54. The SMILES string of the molecule is CC1CCCC1NC(=O)N[C@H](CO)C(=O)O. The third kappa shape index (κ3) is 3.37. The number of amides is 2. The number of aliphatic carboxylic acids is 1. The van der Waals surface area contributed by atoms with Crippen LogP contribution in [0.25, 0.3) is 0 Å². The zero-order chi connectivity index (χ0) is 12.1. The van der Waals surface area contributed by atoms with Crippen LogP contribution in [-0.4, -0.2) is 40.9 Å². The van der Waals surface area contributed by atoms with Gasteiger partial charge in [0, 0.05) is 6.04 Å². The van der Waals surface area contributed by atoms with E-state index in [0.717, 1.165) is 19.3 Å². The fourth-order valence-electron chi connectivity index (χ4n) is 1.91. The summed E-state index contributed by atoms with van der Waals surface area (Å²) in [4.78, 5) is 22.0. The predicted molar refractivity (Wildman–Crippen MR) is 57.0 cm³/mol. The summed E-state index contributed by atoms with van der Waals surface area (Å²) >= 11 is 0. The zero-order valence-electron chi connectivity index (χ0n) is 9.27. The number of carboxylic acid groups (broad SMARTS) is 1. The molecule has 0 saturated heterocycles. The molecule has 1 fully saturated rings. The van der Waals surface area contributed by atoms with Gasteiger partial charge in [-0.1, -0.05) is 13.3 Å². The number of nitrogens with one attached hydrogen (secondary N) is 2. The van der Waals surface area contributed by atoms with Gasteiger partial charge in [0.05, 0.1) is 6.61 Å². The molecule has 0 aromatic heterocycles. The molecule has 1 aliphatic rings. The smallest absolute Gasteiger partial charge is 0.328 e. The lowest BCUT2D eigenvalue weighted by molar-refractivity contribution is -0.140. The minimum Gasteiger partial charge on any atom is -0.480 e. The molecule has 2 unspecified atom stereocenters. The number of aliphatic hydroxyl groups is 1. The van der Waals surface area contributed by atoms with E-state index in [1.165, 1.54) is 0 Å². The van der Waals surface area contributed by atoms with Crippen molar-refractivity contribution in [2.45, 2.75) is 38.3 Å². The third-order valence-corrected chi connectivity index (χ3v) is 2.96. The number of hydrogen-bond acceptors (Lipinski definition) is 3. The Hall–Kier alpha value is -1.30. The number of rotatable bonds is 4. The molecule has 0 spiro atoms. The summed E-state index contributed by atoms with van der Waals surface area (Å²) in [5.74, 6) is -0.819. The maximum atomic E-state index is 11.4. The van der Waals surface area contributed by atoms with Gasteiger partial charge in [-0.15, -0.1) is 0 Å². The first-order valence-electron chi connectivity index (χ1n) is 5.45. The van der Waals surface area contributed by atoms with E-state index in [0.29, 0.717) is 5.92 Å². The van der Waals surface area contributed by atoms with Crippen LogP contribution < -0.4 is 10.6 Å². The monoisotopic (exact) mass is 230 g/mol. The van der Waals surface area contributed by atoms with Gasteiger partial charge in [0.15, 0.2) is 6.04 Å². The van der Waals surface area contributed by atoms with Crippen molar-refractivity contribution in [3.8, 4) is 0 Å². The van der Waals surface area contributed by atoms with E-state index in [1.54, 1.807) is 0 Å². The van der Waals surface area contributed by atoms with E-state index in [-0.39, 0.29) is 6.04 Å². The van der Waals surface area contributed by atoms with Crippen LogP contribution in [0.5, 0.6) is 0 Å². The Labute approximate surface area is 94.0 Å². The molecule has 1 aliphatic carbocycles. The zero-order valence-corrected chi connectivity index (χ0v) is 9.27. The van der Waals surface area contributed by atoms with E-state index in [2.05, 4.69) is 17.6 Å². The molecule has 6 heteroatoms. The average Bonchev–Trinajstić information content (AvgIpc) is 2.60. The van der Waals surface area contributed by atoms with Crippen LogP contribution in [0.15, 0.2) is 0 Å². The van der Waals surface area contributed by atoms with E-state index in [4.69, 9.17) is 10.2 Å². The number of urea groups is 1. The standard InChI is InChI=1S/C10H18N2O4/c1-6-3-2-4-7(6)11-10(16)12-8(5-13)9(14)15/h6-8,13H,2-5H2,1H3,(H,14,15)(H2,11,12,16)/t6?,7?,8-/m1/s1. The molecule has 0 aromatic carbocycles. The lowest BCUT2D eigenvalue weighted by Crippen LogP contribution is -2.50. The van der Waals surface area contributed by atoms with Crippen molar-refractivity contribution in [2.24, 2.45) is 5.92 Å². The summed E-state index contributed by atoms with van der Waals surface area (Å²) < 4.78 is 0.